The molecule has 2 aliphatic heterocycles. The molecule has 2 N–H and O–H groups in total. The first-order chi connectivity index (χ1) is 10.6. The molecule has 2 amide bonds. The van der Waals surface area contributed by atoms with Gasteiger partial charge >= 0.3 is 6.03 Å². The fraction of sp³-hybridized carbons (Fsp3) is 0.588. The number of piperidine rings is 1. The lowest BCUT2D eigenvalue weighted by Gasteiger charge is -2.48. The minimum Gasteiger partial charge on any atom is -0.383 e. The molecular formula is C17H25N3O2. The van der Waals surface area contributed by atoms with Crippen molar-refractivity contribution in [3.8, 4) is 0 Å². The molecule has 22 heavy (non-hydrogen) atoms. The van der Waals surface area contributed by atoms with Crippen molar-refractivity contribution in [2.45, 2.75) is 24.8 Å². The Morgan fingerprint density at radius 3 is 2.73 bits per heavy atom. The molecule has 2 aliphatic rings. The molecule has 120 valence electrons. The summed E-state index contributed by atoms with van der Waals surface area (Å²) in [6.07, 6.45) is 1.97. The van der Waals surface area contributed by atoms with Crippen LogP contribution in [-0.4, -0.2) is 55.7 Å². The van der Waals surface area contributed by atoms with Gasteiger partial charge in [0.2, 0.25) is 0 Å². The van der Waals surface area contributed by atoms with E-state index in [1.165, 1.54) is 11.1 Å². The second kappa shape index (κ2) is 6.26. The standard InChI is InChI=1S/C17H25N3O2/c1-22-11-10-19-12-14-4-2-3-5-15(14)17(13-19)6-8-20(9-7-17)16(18)21/h2-5H,6-13H2,1H3,(H2,18,21). The maximum absolute atomic E-state index is 11.4. The summed E-state index contributed by atoms with van der Waals surface area (Å²) in [6.45, 7) is 5.24. The average molecular weight is 303 g/mol. The fourth-order valence-corrected chi connectivity index (χ4v) is 3.95. The zero-order chi connectivity index (χ0) is 15.6. The number of nitrogens with two attached hydrogens (primary N) is 1. The highest BCUT2D eigenvalue weighted by Crippen LogP contribution is 2.41. The summed E-state index contributed by atoms with van der Waals surface area (Å²) in [5.41, 5.74) is 8.46. The lowest BCUT2D eigenvalue weighted by Crippen LogP contribution is -2.54. The predicted octanol–water partition coefficient (Wildman–Crippen LogP) is 1.56. The van der Waals surface area contributed by atoms with Crippen molar-refractivity contribution in [2.75, 3.05) is 39.9 Å². The van der Waals surface area contributed by atoms with Crippen LogP contribution in [0.2, 0.25) is 0 Å². The zero-order valence-corrected chi connectivity index (χ0v) is 13.3. The van der Waals surface area contributed by atoms with Gasteiger partial charge in [-0.15, -0.1) is 0 Å². The first-order valence-corrected chi connectivity index (χ1v) is 7.99. The molecule has 0 bridgehead atoms. The average Bonchev–Trinajstić information content (AvgIpc) is 2.53. The van der Waals surface area contributed by atoms with Crippen molar-refractivity contribution in [3.63, 3.8) is 0 Å². The zero-order valence-electron chi connectivity index (χ0n) is 13.3. The van der Waals surface area contributed by atoms with Gasteiger partial charge in [-0.2, -0.15) is 0 Å². The maximum Gasteiger partial charge on any atom is 0.314 e. The Bertz CT molecular complexity index is 538. The first-order valence-electron chi connectivity index (χ1n) is 7.99. The van der Waals surface area contributed by atoms with Gasteiger partial charge < -0.3 is 15.4 Å². The molecule has 0 aromatic heterocycles. The Morgan fingerprint density at radius 2 is 2.05 bits per heavy atom. The molecule has 1 aromatic carbocycles. The summed E-state index contributed by atoms with van der Waals surface area (Å²) in [7, 11) is 1.75. The Balaban J connectivity index is 1.84. The van der Waals surface area contributed by atoms with Gasteiger partial charge in [0, 0.05) is 45.2 Å². The van der Waals surface area contributed by atoms with E-state index in [1.807, 2.05) is 0 Å². The van der Waals surface area contributed by atoms with E-state index in [0.717, 1.165) is 52.2 Å². The van der Waals surface area contributed by atoms with Gasteiger partial charge in [0.25, 0.3) is 0 Å². The van der Waals surface area contributed by atoms with Crippen LogP contribution >= 0.6 is 0 Å². The van der Waals surface area contributed by atoms with Crippen LogP contribution in [-0.2, 0) is 16.7 Å². The molecule has 3 rings (SSSR count). The van der Waals surface area contributed by atoms with Crippen molar-refractivity contribution in [3.05, 3.63) is 35.4 Å². The van der Waals surface area contributed by atoms with E-state index in [4.69, 9.17) is 10.5 Å². The summed E-state index contributed by atoms with van der Waals surface area (Å²) < 4.78 is 5.25. The molecule has 0 aliphatic carbocycles. The number of amides is 2. The number of nitrogens with zero attached hydrogens (tertiary/aromatic N) is 2. The number of likely N-dealkylation sites (tertiary alicyclic amines) is 1. The Hall–Kier alpha value is -1.59. The second-order valence-electron chi connectivity index (χ2n) is 6.47. The number of methoxy groups -OCH3 is 1. The van der Waals surface area contributed by atoms with E-state index in [1.54, 1.807) is 12.0 Å². The first kappa shape index (κ1) is 15.3. The van der Waals surface area contributed by atoms with Gasteiger partial charge in [-0.25, -0.2) is 4.79 Å². The van der Waals surface area contributed by atoms with Crippen LogP contribution in [0, 0.1) is 0 Å². The molecular weight excluding hydrogens is 278 g/mol. The summed E-state index contributed by atoms with van der Waals surface area (Å²) in [6, 6.07) is 8.45. The van der Waals surface area contributed by atoms with E-state index in [0.29, 0.717) is 0 Å². The van der Waals surface area contributed by atoms with Crippen LogP contribution in [0.1, 0.15) is 24.0 Å². The highest BCUT2D eigenvalue weighted by atomic mass is 16.5. The number of ether oxygens (including phenoxy) is 1. The third-order valence-corrected chi connectivity index (χ3v) is 5.15. The van der Waals surface area contributed by atoms with E-state index >= 15 is 0 Å². The lowest BCUT2D eigenvalue weighted by atomic mass is 9.69. The third kappa shape index (κ3) is 2.83. The summed E-state index contributed by atoms with van der Waals surface area (Å²) in [5, 5.41) is 0. The smallest absolute Gasteiger partial charge is 0.314 e. The van der Waals surface area contributed by atoms with Crippen LogP contribution < -0.4 is 5.73 Å². The molecule has 1 fully saturated rings. The van der Waals surface area contributed by atoms with Crippen molar-refractivity contribution in [1.29, 1.82) is 0 Å². The van der Waals surface area contributed by atoms with Gasteiger partial charge in [0.15, 0.2) is 0 Å². The maximum atomic E-state index is 11.4. The number of fused-ring (bicyclic) bond motifs is 2. The predicted molar refractivity (Wildman–Crippen MR) is 85.7 cm³/mol. The summed E-state index contributed by atoms with van der Waals surface area (Å²) in [5.74, 6) is 0. The minimum absolute atomic E-state index is 0.147. The molecule has 5 nitrogen and oxygen atoms in total. The number of urea groups is 1. The van der Waals surface area contributed by atoms with Crippen molar-refractivity contribution in [1.82, 2.24) is 9.80 Å². The number of hydrogen-bond acceptors (Lipinski definition) is 3. The minimum atomic E-state index is -0.296. The topological polar surface area (TPSA) is 58.8 Å². The molecule has 2 heterocycles. The number of rotatable bonds is 3. The molecule has 5 heteroatoms. The van der Waals surface area contributed by atoms with E-state index in [-0.39, 0.29) is 11.4 Å². The van der Waals surface area contributed by atoms with Gasteiger partial charge in [0.05, 0.1) is 6.61 Å². The highest BCUT2D eigenvalue weighted by Gasteiger charge is 2.42. The molecule has 0 saturated carbocycles. The number of carbonyl (C=O) groups excluding carboxylic acids is 1. The van der Waals surface area contributed by atoms with Crippen molar-refractivity contribution in [2.24, 2.45) is 5.73 Å². The Labute approximate surface area is 132 Å². The molecule has 1 saturated heterocycles. The number of primary amides is 1. The molecule has 1 spiro atoms. The Kier molecular flexibility index (Phi) is 4.36. The van der Waals surface area contributed by atoms with Crippen LogP contribution in [0.15, 0.2) is 24.3 Å². The number of hydrogen-bond donors (Lipinski definition) is 1. The number of carbonyl (C=O) groups is 1. The summed E-state index contributed by atoms with van der Waals surface area (Å²) in [4.78, 5) is 15.6. The second-order valence-corrected chi connectivity index (χ2v) is 6.47. The largest absolute Gasteiger partial charge is 0.383 e. The molecule has 0 radical (unpaired) electrons. The molecule has 0 unspecified atom stereocenters. The monoisotopic (exact) mass is 303 g/mol. The van der Waals surface area contributed by atoms with Gasteiger partial charge in [-0.1, -0.05) is 24.3 Å². The van der Waals surface area contributed by atoms with E-state index < -0.39 is 0 Å². The Morgan fingerprint density at radius 1 is 1.32 bits per heavy atom. The van der Waals surface area contributed by atoms with Gasteiger partial charge in [0.1, 0.15) is 0 Å². The van der Waals surface area contributed by atoms with Crippen LogP contribution in [0.25, 0.3) is 0 Å². The fourth-order valence-electron chi connectivity index (χ4n) is 3.95. The van der Waals surface area contributed by atoms with Gasteiger partial charge in [-0.05, 0) is 24.0 Å². The normalized spacial score (nSPS) is 20.9. The van der Waals surface area contributed by atoms with Crippen LogP contribution in [0.4, 0.5) is 4.79 Å². The van der Waals surface area contributed by atoms with Crippen LogP contribution in [0.5, 0.6) is 0 Å². The molecule has 1 aromatic rings. The van der Waals surface area contributed by atoms with Gasteiger partial charge in [-0.3, -0.25) is 4.90 Å². The van der Waals surface area contributed by atoms with E-state index in [9.17, 15) is 4.79 Å². The van der Waals surface area contributed by atoms with Crippen LogP contribution in [0.3, 0.4) is 0 Å². The highest BCUT2D eigenvalue weighted by molar-refractivity contribution is 5.72. The lowest BCUT2D eigenvalue weighted by molar-refractivity contribution is 0.0856. The summed E-state index contributed by atoms with van der Waals surface area (Å²) >= 11 is 0. The molecule has 0 atom stereocenters. The third-order valence-electron chi connectivity index (χ3n) is 5.15. The number of benzene rings is 1. The quantitative estimate of drug-likeness (QED) is 0.922. The van der Waals surface area contributed by atoms with Crippen molar-refractivity contribution >= 4 is 6.03 Å². The van der Waals surface area contributed by atoms with E-state index in [2.05, 4.69) is 29.2 Å². The van der Waals surface area contributed by atoms with Crippen molar-refractivity contribution < 1.29 is 9.53 Å². The SMILES string of the molecule is COCCN1Cc2ccccc2C2(CCN(C(N)=O)CC2)C1.